The summed E-state index contributed by atoms with van der Waals surface area (Å²) in [6.45, 7) is 3.97. The number of likely N-dealkylation sites (N-methyl/N-ethyl adjacent to an activating group) is 1. The summed E-state index contributed by atoms with van der Waals surface area (Å²) in [4.78, 5) is 95.4. The number of aromatic hydroxyl groups is 1. The average Bonchev–Trinajstić information content (AvgIpc) is 3.25. The lowest BCUT2D eigenvalue weighted by molar-refractivity contribution is -0.142. The van der Waals surface area contributed by atoms with Gasteiger partial charge in [0, 0.05) is 59.9 Å². The highest BCUT2D eigenvalue weighted by Gasteiger charge is 2.36. The normalized spacial score (nSPS) is 17.3. The highest BCUT2D eigenvalue weighted by atomic mass is 35.5. The average molecular weight is 881 g/mol. The number of carbonyl (C=O) groups is 7. The minimum absolute atomic E-state index is 0.0524. The standard InChI is InChI=1S/C48H53ClN4O10/c1-27-21-42(57)45(53(4)48(62)35(7-5-6-20-50)25-41(56)33-11-9-31(10-12-33)32-13-16-36(49)17-14-32)34-15-18-40(55)37(24-34)38-22-30(8-19-43(38)63-26-44(58)59)23-39(52-46(27)60)47(61)51-28(2)29(3)54/h8-19,22,24,27-28,35,39,45,55H,5-7,20-21,23,25-26,50H2,1-4H3,(H,51,61)(H,52,60)(H,58,59)/t27-,28+,35-,39+,45+/m1/s1. The van der Waals surface area contributed by atoms with Crippen molar-refractivity contribution in [2.24, 2.45) is 17.6 Å². The Morgan fingerprint density at radius 3 is 2.22 bits per heavy atom. The number of carbonyl (C=O) groups excluding carboxylic acids is 6. The number of aliphatic carboxylic acids is 1. The molecular weight excluding hydrogens is 828 g/mol. The molecule has 0 unspecified atom stereocenters. The first kappa shape index (κ1) is 47.7. The third-order valence-corrected chi connectivity index (χ3v) is 11.5. The van der Waals surface area contributed by atoms with Crippen molar-refractivity contribution in [3.63, 3.8) is 0 Å². The molecule has 4 aromatic carbocycles. The first-order chi connectivity index (χ1) is 30.0. The molecule has 332 valence electrons. The zero-order valence-electron chi connectivity index (χ0n) is 35.7. The van der Waals surface area contributed by atoms with Crippen molar-refractivity contribution in [3.05, 3.63) is 107 Å². The number of hydrogen-bond donors (Lipinski definition) is 5. The van der Waals surface area contributed by atoms with Gasteiger partial charge in [0.2, 0.25) is 17.7 Å². The van der Waals surface area contributed by atoms with E-state index in [1.54, 1.807) is 36.4 Å². The third-order valence-electron chi connectivity index (χ3n) is 11.2. The molecule has 0 aliphatic carbocycles. The van der Waals surface area contributed by atoms with Gasteiger partial charge in [0.1, 0.15) is 23.6 Å². The number of phenolic OH excluding ortho intramolecular Hbond substituents is 1. The molecule has 0 aromatic heterocycles. The number of nitrogens with one attached hydrogen (secondary N) is 2. The summed E-state index contributed by atoms with van der Waals surface area (Å²) in [6, 6.07) is 19.8. The van der Waals surface area contributed by atoms with Gasteiger partial charge in [-0.1, -0.05) is 73.5 Å². The van der Waals surface area contributed by atoms with E-state index in [4.69, 9.17) is 22.1 Å². The van der Waals surface area contributed by atoms with Crippen molar-refractivity contribution in [1.29, 1.82) is 0 Å². The maximum Gasteiger partial charge on any atom is 0.341 e. The topological polar surface area (TPSA) is 222 Å². The van der Waals surface area contributed by atoms with E-state index < -0.39 is 66.0 Å². The zero-order valence-corrected chi connectivity index (χ0v) is 36.4. The van der Waals surface area contributed by atoms with Gasteiger partial charge < -0.3 is 36.2 Å². The largest absolute Gasteiger partial charge is 0.507 e. The molecule has 0 fully saturated rings. The fraction of sp³-hybridized carbons (Fsp3) is 0.354. The number of carboxylic acids is 1. The van der Waals surface area contributed by atoms with Crippen molar-refractivity contribution in [1.82, 2.24) is 15.5 Å². The summed E-state index contributed by atoms with van der Waals surface area (Å²) in [5.74, 6) is -6.28. The van der Waals surface area contributed by atoms with Crippen LogP contribution in [-0.4, -0.2) is 88.4 Å². The molecule has 1 aliphatic rings. The van der Waals surface area contributed by atoms with E-state index in [0.29, 0.717) is 35.5 Å². The van der Waals surface area contributed by atoms with E-state index >= 15 is 0 Å². The number of unbranched alkanes of at least 4 members (excludes halogenated alkanes) is 1. The molecule has 0 saturated heterocycles. The number of amides is 3. The van der Waals surface area contributed by atoms with Gasteiger partial charge in [0.05, 0.1) is 6.04 Å². The predicted octanol–water partition coefficient (Wildman–Crippen LogP) is 6.09. The van der Waals surface area contributed by atoms with Crippen LogP contribution in [0, 0.1) is 11.8 Å². The minimum atomic E-state index is -1.33. The molecule has 4 aromatic rings. The molecule has 63 heavy (non-hydrogen) atoms. The van der Waals surface area contributed by atoms with Crippen LogP contribution in [0.4, 0.5) is 0 Å². The van der Waals surface area contributed by atoms with Crippen molar-refractivity contribution in [2.75, 3.05) is 20.2 Å². The second-order valence-electron chi connectivity index (χ2n) is 16.0. The molecule has 4 bridgehead atoms. The lowest BCUT2D eigenvalue weighted by Gasteiger charge is -2.32. The highest BCUT2D eigenvalue weighted by Crippen LogP contribution is 2.40. The molecule has 5 atom stereocenters. The highest BCUT2D eigenvalue weighted by molar-refractivity contribution is 6.30. The monoisotopic (exact) mass is 880 g/mol. The van der Waals surface area contributed by atoms with Crippen LogP contribution in [-0.2, 0) is 35.2 Å². The number of fused-ring (bicyclic) bond motifs is 5. The molecule has 0 radical (unpaired) electrons. The fourth-order valence-electron chi connectivity index (χ4n) is 7.52. The Morgan fingerprint density at radius 2 is 1.59 bits per heavy atom. The number of Topliss-reactive ketones (excluding diaryl/α,β-unsaturated/α-hetero) is 3. The van der Waals surface area contributed by atoms with Crippen LogP contribution in [0.25, 0.3) is 22.3 Å². The van der Waals surface area contributed by atoms with E-state index in [1.807, 2.05) is 24.3 Å². The second kappa shape index (κ2) is 21.6. The Labute approximate surface area is 371 Å². The van der Waals surface area contributed by atoms with Crippen molar-refractivity contribution >= 4 is 52.6 Å². The van der Waals surface area contributed by atoms with E-state index in [9.17, 15) is 43.8 Å². The van der Waals surface area contributed by atoms with Crippen LogP contribution >= 0.6 is 11.6 Å². The molecule has 5 rings (SSSR count). The minimum Gasteiger partial charge on any atom is -0.507 e. The Balaban J connectivity index is 1.55. The molecule has 1 heterocycles. The molecule has 14 nitrogen and oxygen atoms in total. The summed E-state index contributed by atoms with van der Waals surface area (Å²) < 4.78 is 5.63. The molecule has 15 heteroatoms. The van der Waals surface area contributed by atoms with Crippen LogP contribution in [0.1, 0.15) is 80.4 Å². The van der Waals surface area contributed by atoms with Gasteiger partial charge in [-0.15, -0.1) is 0 Å². The van der Waals surface area contributed by atoms with Gasteiger partial charge in [-0.05, 0) is 91.9 Å². The van der Waals surface area contributed by atoms with Gasteiger partial charge >= 0.3 is 5.97 Å². The number of phenols is 1. The summed E-state index contributed by atoms with van der Waals surface area (Å²) in [7, 11) is 1.45. The number of carboxylic acid groups (broad SMARTS) is 1. The second-order valence-corrected chi connectivity index (χ2v) is 16.4. The van der Waals surface area contributed by atoms with Crippen LogP contribution in [0.3, 0.4) is 0 Å². The van der Waals surface area contributed by atoms with Gasteiger partial charge in [-0.25, -0.2) is 4.79 Å². The first-order valence-corrected chi connectivity index (χ1v) is 21.2. The third kappa shape index (κ3) is 12.4. The quantitative estimate of drug-likeness (QED) is 0.0640. The molecule has 0 spiro atoms. The van der Waals surface area contributed by atoms with Crippen molar-refractivity contribution in [3.8, 4) is 33.8 Å². The maximum atomic E-state index is 14.7. The van der Waals surface area contributed by atoms with E-state index in [2.05, 4.69) is 10.6 Å². The Morgan fingerprint density at radius 1 is 0.921 bits per heavy atom. The zero-order chi connectivity index (χ0) is 46.0. The number of hydrogen-bond acceptors (Lipinski definition) is 10. The molecule has 0 saturated carbocycles. The number of nitrogens with zero attached hydrogens (tertiary/aromatic N) is 1. The summed E-state index contributed by atoms with van der Waals surface area (Å²) in [6.07, 6.45) is 0.767. The van der Waals surface area contributed by atoms with Crippen molar-refractivity contribution in [2.45, 2.75) is 77.4 Å². The van der Waals surface area contributed by atoms with E-state index in [0.717, 1.165) is 11.1 Å². The van der Waals surface area contributed by atoms with Gasteiger partial charge in [0.25, 0.3) is 0 Å². The van der Waals surface area contributed by atoms with Gasteiger partial charge in [-0.2, -0.15) is 0 Å². The van der Waals surface area contributed by atoms with Crippen LogP contribution in [0.15, 0.2) is 84.9 Å². The van der Waals surface area contributed by atoms with Crippen LogP contribution in [0.2, 0.25) is 5.02 Å². The molecule has 3 amide bonds. The Hall–Kier alpha value is -6.38. The molecular formula is C48H53ClN4O10. The SMILES string of the molecule is CC(=O)[C@H](C)NC(=O)[C@@H]1Cc2ccc(OCC(=O)O)c(c2)-c2cc(ccc2O)[C@H](N(C)C(=O)[C@H](CCCCN)CC(=O)c2ccc(-c3ccc(Cl)cc3)cc2)C(=O)C[C@@H](C)C(=O)N1. The number of ether oxygens (including phenoxy) is 1. The number of benzene rings is 4. The van der Waals surface area contributed by atoms with Crippen molar-refractivity contribution < 1.29 is 48.5 Å². The van der Waals surface area contributed by atoms with E-state index in [-0.39, 0.29) is 65.4 Å². The number of rotatable bonds is 16. The molecule has 1 aliphatic heterocycles. The van der Waals surface area contributed by atoms with E-state index in [1.165, 1.54) is 57.0 Å². The lowest BCUT2D eigenvalue weighted by Crippen LogP contribution is -2.52. The fourth-order valence-corrected chi connectivity index (χ4v) is 7.65. The van der Waals surface area contributed by atoms with Crippen LogP contribution < -0.4 is 21.1 Å². The summed E-state index contributed by atoms with van der Waals surface area (Å²) in [5.41, 5.74) is 9.06. The van der Waals surface area contributed by atoms with Gasteiger partial charge in [0.15, 0.2) is 24.0 Å². The predicted molar refractivity (Wildman–Crippen MR) is 237 cm³/mol. The summed E-state index contributed by atoms with van der Waals surface area (Å²) in [5, 5.41) is 26.7. The Kier molecular flexibility index (Phi) is 16.4. The Bertz CT molecular complexity index is 2350. The molecule has 6 N–H and O–H groups in total. The lowest BCUT2D eigenvalue weighted by atomic mass is 9.88. The smallest absolute Gasteiger partial charge is 0.341 e. The number of halogens is 1. The maximum absolute atomic E-state index is 14.7. The van der Waals surface area contributed by atoms with Gasteiger partial charge in [-0.3, -0.25) is 28.8 Å². The number of nitrogens with two attached hydrogens (primary N) is 1. The van der Waals surface area contributed by atoms with Crippen LogP contribution in [0.5, 0.6) is 11.5 Å². The first-order valence-electron chi connectivity index (χ1n) is 20.8. The summed E-state index contributed by atoms with van der Waals surface area (Å²) >= 11 is 6.06. The number of ketones is 3.